The first-order valence-electron chi connectivity index (χ1n) is 14.1. The van der Waals surface area contributed by atoms with Gasteiger partial charge in [0.2, 0.25) is 17.7 Å². The van der Waals surface area contributed by atoms with Crippen molar-refractivity contribution in [1.29, 1.82) is 0 Å². The monoisotopic (exact) mass is 560 g/mol. The van der Waals surface area contributed by atoms with Gasteiger partial charge in [0.25, 0.3) is 5.91 Å². The highest BCUT2D eigenvalue weighted by atomic mass is 16.5. The Morgan fingerprint density at radius 2 is 1.77 bits per heavy atom. The lowest BCUT2D eigenvalue weighted by atomic mass is 10.1. The van der Waals surface area contributed by atoms with Crippen LogP contribution in [0, 0.1) is 5.41 Å². The highest BCUT2D eigenvalue weighted by molar-refractivity contribution is 5.88. The summed E-state index contributed by atoms with van der Waals surface area (Å²) in [6, 6.07) is 4.63. The van der Waals surface area contributed by atoms with Gasteiger partial charge in [0.05, 0.1) is 19.1 Å². The minimum absolute atomic E-state index is 0.0718. The number of benzene rings is 1. The maximum Gasteiger partial charge on any atom is 0.258 e. The van der Waals surface area contributed by atoms with Crippen molar-refractivity contribution in [2.45, 2.75) is 57.9 Å². The summed E-state index contributed by atoms with van der Waals surface area (Å²) in [4.78, 5) is 54.7. The minimum Gasteiger partial charge on any atom is -0.493 e. The maximum atomic E-state index is 13.3. The van der Waals surface area contributed by atoms with Gasteiger partial charge in [0.15, 0.2) is 18.1 Å². The van der Waals surface area contributed by atoms with Gasteiger partial charge in [0, 0.05) is 46.8 Å². The van der Waals surface area contributed by atoms with Crippen molar-refractivity contribution in [3.8, 4) is 11.5 Å². The number of nitrogens with one attached hydrogen (secondary N) is 2. The maximum absolute atomic E-state index is 13.3. The summed E-state index contributed by atoms with van der Waals surface area (Å²) in [5.74, 6) is 0.265. The number of rotatable bonds is 4. The normalized spacial score (nSPS) is 21.7. The molecule has 40 heavy (non-hydrogen) atoms. The fraction of sp³-hybridized carbons (Fsp3) is 0.655. The molecule has 1 fully saturated rings. The van der Waals surface area contributed by atoms with Gasteiger partial charge in [-0.1, -0.05) is 6.07 Å². The average molecular weight is 561 g/mol. The zero-order chi connectivity index (χ0) is 29.1. The number of methoxy groups -OCH3 is 2. The Kier molecular flexibility index (Phi) is 11.6. The van der Waals surface area contributed by atoms with Gasteiger partial charge < -0.3 is 34.6 Å². The van der Waals surface area contributed by atoms with Crippen LogP contribution >= 0.6 is 0 Å². The molecule has 11 heteroatoms. The number of hydrogen-bond donors (Lipinski definition) is 2. The zero-order valence-corrected chi connectivity index (χ0v) is 24.3. The summed E-state index contributed by atoms with van der Waals surface area (Å²) in [5.41, 5.74) is 0.438. The number of amides is 4. The second-order valence-electron chi connectivity index (χ2n) is 10.7. The molecule has 1 aromatic carbocycles. The molecule has 0 unspecified atom stereocenters. The number of carbonyl (C=O) groups is 4. The van der Waals surface area contributed by atoms with E-state index in [2.05, 4.69) is 10.6 Å². The number of ether oxygens (including phenoxy) is 3. The second kappa shape index (κ2) is 14.9. The van der Waals surface area contributed by atoms with Crippen molar-refractivity contribution < 1.29 is 33.4 Å². The van der Waals surface area contributed by atoms with Crippen LogP contribution in [-0.2, 0) is 30.3 Å². The van der Waals surface area contributed by atoms with Crippen molar-refractivity contribution in [2.75, 3.05) is 60.7 Å². The molecule has 0 aromatic heterocycles. The van der Waals surface area contributed by atoms with Crippen LogP contribution in [0.15, 0.2) is 18.2 Å². The molecule has 1 saturated carbocycles. The number of likely N-dealkylation sites (N-methyl/N-ethyl adjacent to an activating group) is 1. The predicted octanol–water partition coefficient (Wildman–Crippen LogP) is 1.53. The van der Waals surface area contributed by atoms with E-state index in [-0.39, 0.29) is 24.3 Å². The van der Waals surface area contributed by atoms with E-state index in [1.807, 2.05) is 11.0 Å². The van der Waals surface area contributed by atoms with E-state index >= 15 is 0 Å². The third kappa shape index (κ3) is 8.84. The van der Waals surface area contributed by atoms with Crippen molar-refractivity contribution in [2.24, 2.45) is 5.41 Å². The molecular weight excluding hydrogens is 516 g/mol. The van der Waals surface area contributed by atoms with Crippen LogP contribution in [0.5, 0.6) is 11.5 Å². The molecule has 1 heterocycles. The second-order valence-corrected chi connectivity index (χ2v) is 10.7. The summed E-state index contributed by atoms with van der Waals surface area (Å²) < 4.78 is 16.4. The van der Waals surface area contributed by atoms with E-state index < -0.39 is 17.4 Å². The Hall–Kier alpha value is -3.34. The first-order chi connectivity index (χ1) is 19.2. The fourth-order valence-electron chi connectivity index (χ4n) is 4.91. The first-order valence-corrected chi connectivity index (χ1v) is 14.1. The smallest absolute Gasteiger partial charge is 0.258 e. The molecular formula is C29H44N4O7. The Labute approximate surface area is 236 Å². The molecule has 3 rings (SSSR count). The summed E-state index contributed by atoms with van der Waals surface area (Å²) in [5, 5.41) is 5.65. The van der Waals surface area contributed by atoms with Crippen LogP contribution in [0.4, 0.5) is 0 Å². The van der Waals surface area contributed by atoms with E-state index in [0.717, 1.165) is 24.8 Å². The van der Waals surface area contributed by atoms with Gasteiger partial charge in [-0.05, 0) is 63.1 Å². The first kappa shape index (κ1) is 31.2. The average Bonchev–Trinajstić information content (AvgIpc) is 3.73. The van der Waals surface area contributed by atoms with Crippen LogP contribution in [-0.4, -0.2) is 100 Å². The van der Waals surface area contributed by atoms with Crippen molar-refractivity contribution in [3.05, 3.63) is 23.8 Å². The standard InChI is InChI=1S/C29H44N4O7/c1-21-27(36)32(2)15-5-6-16-33(28(37)29(12-13-29)20-38-3)17-7-14-30-25(34)11-9-22-8-10-23(39-4)24(18-22)40-19-26(35)31-21/h8,10,18,21H,5-7,9,11-17,19-20H2,1-4H3,(H,30,34)(H,31,35)/t21-/m0/s1. The molecule has 11 nitrogen and oxygen atoms in total. The van der Waals surface area contributed by atoms with Crippen LogP contribution < -0.4 is 20.1 Å². The van der Waals surface area contributed by atoms with Crippen molar-refractivity contribution in [3.63, 3.8) is 0 Å². The highest BCUT2D eigenvalue weighted by Crippen LogP contribution is 2.47. The van der Waals surface area contributed by atoms with Crippen LogP contribution in [0.2, 0.25) is 0 Å². The molecule has 1 aliphatic heterocycles. The van der Waals surface area contributed by atoms with Gasteiger partial charge in [0.1, 0.15) is 6.04 Å². The number of nitrogens with zero attached hydrogens (tertiary/aromatic N) is 2. The summed E-state index contributed by atoms with van der Waals surface area (Å²) >= 11 is 0. The van der Waals surface area contributed by atoms with Crippen molar-refractivity contribution >= 4 is 23.6 Å². The van der Waals surface area contributed by atoms with E-state index in [1.54, 1.807) is 38.1 Å². The molecule has 2 bridgehead atoms. The lowest BCUT2D eigenvalue weighted by Gasteiger charge is -2.28. The fourth-order valence-corrected chi connectivity index (χ4v) is 4.91. The lowest BCUT2D eigenvalue weighted by molar-refractivity contribution is -0.139. The molecule has 2 aliphatic rings. The molecule has 4 amide bonds. The van der Waals surface area contributed by atoms with Crippen LogP contribution in [0.3, 0.4) is 0 Å². The van der Waals surface area contributed by atoms with E-state index in [4.69, 9.17) is 14.2 Å². The number of hydrogen-bond acceptors (Lipinski definition) is 7. The molecule has 2 N–H and O–H groups in total. The van der Waals surface area contributed by atoms with Gasteiger partial charge in [-0.2, -0.15) is 0 Å². The van der Waals surface area contributed by atoms with Gasteiger partial charge in [-0.15, -0.1) is 0 Å². The summed E-state index contributed by atoms with van der Waals surface area (Å²) in [6.45, 7) is 3.87. The lowest BCUT2D eigenvalue weighted by Crippen LogP contribution is -2.47. The van der Waals surface area contributed by atoms with E-state index in [9.17, 15) is 19.2 Å². The Balaban J connectivity index is 1.70. The number of fused-ring (bicyclic) bond motifs is 2. The van der Waals surface area contributed by atoms with Crippen molar-refractivity contribution in [1.82, 2.24) is 20.4 Å². The van der Waals surface area contributed by atoms with Crippen LogP contribution in [0.25, 0.3) is 0 Å². The van der Waals surface area contributed by atoms with Gasteiger partial charge >= 0.3 is 0 Å². The largest absolute Gasteiger partial charge is 0.493 e. The zero-order valence-electron chi connectivity index (χ0n) is 24.3. The summed E-state index contributed by atoms with van der Waals surface area (Å²) in [7, 11) is 4.84. The minimum atomic E-state index is -0.715. The third-order valence-corrected chi connectivity index (χ3v) is 7.47. The highest BCUT2D eigenvalue weighted by Gasteiger charge is 2.51. The molecule has 222 valence electrons. The Bertz CT molecular complexity index is 1040. The Morgan fingerprint density at radius 1 is 1.05 bits per heavy atom. The quantitative estimate of drug-likeness (QED) is 0.572. The molecule has 0 radical (unpaired) electrons. The molecule has 1 aromatic rings. The number of aryl methyl sites for hydroxylation is 1. The van der Waals surface area contributed by atoms with E-state index in [1.165, 1.54) is 7.11 Å². The SMILES string of the molecule is COCC1(C(=O)N2CCCCN(C)C(=O)[C@H](C)NC(=O)COc3cc(ccc3OC)CCC(=O)NCCC2)CC1. The molecule has 1 atom stereocenters. The van der Waals surface area contributed by atoms with Gasteiger partial charge in [-0.3, -0.25) is 19.2 Å². The molecule has 0 spiro atoms. The summed E-state index contributed by atoms with van der Waals surface area (Å²) in [6.07, 6.45) is 4.51. The van der Waals surface area contributed by atoms with Gasteiger partial charge in [-0.25, -0.2) is 0 Å². The van der Waals surface area contributed by atoms with Crippen LogP contribution in [0.1, 0.15) is 51.0 Å². The predicted molar refractivity (Wildman–Crippen MR) is 149 cm³/mol. The molecule has 0 saturated heterocycles. The third-order valence-electron chi connectivity index (χ3n) is 7.47. The number of carbonyl (C=O) groups excluding carboxylic acids is 4. The molecule has 1 aliphatic carbocycles. The Morgan fingerprint density at radius 3 is 2.48 bits per heavy atom. The van der Waals surface area contributed by atoms with E-state index in [0.29, 0.717) is 70.0 Å². The topological polar surface area (TPSA) is 127 Å².